The molecule has 2 aromatic rings. The number of sulfonamides is 1. The standard InChI is InChI=1S/C19H27N3O3S/c1-15-8-9-18(25-3)19(13-15)26(23,24)20-14-17(22-11-4-5-12-22)16-7-6-10-21(16)2/h6-10,13,17,20H,4-5,11-12,14H2,1-3H3. The maximum absolute atomic E-state index is 12.9. The first-order valence-electron chi connectivity index (χ1n) is 8.92. The van der Waals surface area contributed by atoms with Gasteiger partial charge < -0.3 is 9.30 Å². The molecule has 0 spiro atoms. The molecule has 1 aliphatic rings. The van der Waals surface area contributed by atoms with Gasteiger partial charge in [-0.1, -0.05) is 6.07 Å². The lowest BCUT2D eigenvalue weighted by atomic mass is 10.2. The number of nitrogens with zero attached hydrogens (tertiary/aromatic N) is 2. The molecule has 1 saturated heterocycles. The molecule has 0 bridgehead atoms. The fraction of sp³-hybridized carbons (Fsp3) is 0.474. The zero-order valence-electron chi connectivity index (χ0n) is 15.6. The van der Waals surface area contributed by atoms with Crippen LogP contribution < -0.4 is 9.46 Å². The van der Waals surface area contributed by atoms with E-state index in [0.717, 1.165) is 37.2 Å². The SMILES string of the molecule is COc1ccc(C)cc1S(=O)(=O)NCC(c1cccn1C)N1CCCC1. The highest BCUT2D eigenvalue weighted by molar-refractivity contribution is 7.89. The van der Waals surface area contributed by atoms with Crippen LogP contribution >= 0.6 is 0 Å². The minimum atomic E-state index is -3.66. The zero-order chi connectivity index (χ0) is 18.7. The molecule has 2 heterocycles. The maximum atomic E-state index is 12.9. The molecule has 1 fully saturated rings. The second-order valence-corrected chi connectivity index (χ2v) is 8.54. The predicted octanol–water partition coefficient (Wildman–Crippen LogP) is 2.46. The van der Waals surface area contributed by atoms with Crippen molar-refractivity contribution >= 4 is 10.0 Å². The Labute approximate surface area is 155 Å². The molecule has 142 valence electrons. The molecule has 1 aromatic heterocycles. The minimum absolute atomic E-state index is 0.0167. The van der Waals surface area contributed by atoms with Gasteiger partial charge in [0.1, 0.15) is 10.6 Å². The van der Waals surface area contributed by atoms with Crippen molar-refractivity contribution < 1.29 is 13.2 Å². The highest BCUT2D eigenvalue weighted by Gasteiger charge is 2.28. The number of methoxy groups -OCH3 is 1. The molecular formula is C19H27N3O3S. The van der Waals surface area contributed by atoms with Crippen molar-refractivity contribution in [2.75, 3.05) is 26.7 Å². The molecule has 0 saturated carbocycles. The Morgan fingerprint density at radius 2 is 1.96 bits per heavy atom. The van der Waals surface area contributed by atoms with E-state index in [2.05, 4.69) is 20.3 Å². The Morgan fingerprint density at radius 3 is 2.58 bits per heavy atom. The molecule has 0 radical (unpaired) electrons. The van der Waals surface area contributed by atoms with Gasteiger partial charge in [-0.05, 0) is 62.7 Å². The summed E-state index contributed by atoms with van der Waals surface area (Å²) in [5.41, 5.74) is 2.00. The fourth-order valence-corrected chi connectivity index (χ4v) is 4.84. The first kappa shape index (κ1) is 18.9. The van der Waals surface area contributed by atoms with Gasteiger partial charge in [0, 0.05) is 25.5 Å². The number of hydrogen-bond donors (Lipinski definition) is 1. The number of benzene rings is 1. The second-order valence-electron chi connectivity index (χ2n) is 6.81. The van der Waals surface area contributed by atoms with Crippen LogP contribution in [0.15, 0.2) is 41.4 Å². The van der Waals surface area contributed by atoms with Gasteiger partial charge >= 0.3 is 0 Å². The molecule has 3 rings (SSSR count). The third kappa shape index (κ3) is 3.95. The highest BCUT2D eigenvalue weighted by Crippen LogP contribution is 2.27. The largest absolute Gasteiger partial charge is 0.495 e. The summed E-state index contributed by atoms with van der Waals surface area (Å²) >= 11 is 0. The average molecular weight is 378 g/mol. The van der Waals surface area contributed by atoms with Crippen LogP contribution in [0.3, 0.4) is 0 Å². The molecule has 1 aromatic carbocycles. The minimum Gasteiger partial charge on any atom is -0.495 e. The lowest BCUT2D eigenvalue weighted by molar-refractivity contribution is 0.238. The summed E-state index contributed by atoms with van der Waals surface area (Å²) in [6, 6.07) is 9.26. The smallest absolute Gasteiger partial charge is 0.244 e. The van der Waals surface area contributed by atoms with Gasteiger partial charge in [0.25, 0.3) is 0 Å². The van der Waals surface area contributed by atoms with Crippen molar-refractivity contribution in [2.24, 2.45) is 7.05 Å². The van der Waals surface area contributed by atoms with E-state index in [4.69, 9.17) is 4.74 Å². The van der Waals surface area contributed by atoms with E-state index in [9.17, 15) is 8.42 Å². The van der Waals surface area contributed by atoms with E-state index in [0.29, 0.717) is 12.3 Å². The van der Waals surface area contributed by atoms with Crippen molar-refractivity contribution in [3.8, 4) is 5.75 Å². The lowest BCUT2D eigenvalue weighted by Crippen LogP contribution is -2.37. The number of hydrogen-bond acceptors (Lipinski definition) is 4. The summed E-state index contributed by atoms with van der Waals surface area (Å²) in [6.07, 6.45) is 4.30. The second kappa shape index (κ2) is 7.82. The molecule has 6 nitrogen and oxygen atoms in total. The van der Waals surface area contributed by atoms with Crippen molar-refractivity contribution in [3.05, 3.63) is 47.8 Å². The predicted molar refractivity (Wildman–Crippen MR) is 102 cm³/mol. The van der Waals surface area contributed by atoms with Crippen LogP contribution in [0, 0.1) is 6.92 Å². The summed E-state index contributed by atoms with van der Waals surface area (Å²) in [6.45, 7) is 4.18. The van der Waals surface area contributed by atoms with Crippen molar-refractivity contribution in [1.82, 2.24) is 14.2 Å². The van der Waals surface area contributed by atoms with Gasteiger partial charge in [-0.3, -0.25) is 4.90 Å². The fourth-order valence-electron chi connectivity index (χ4n) is 3.55. The average Bonchev–Trinajstić information content (AvgIpc) is 3.28. The van der Waals surface area contributed by atoms with Gasteiger partial charge in [-0.2, -0.15) is 0 Å². The molecule has 1 aliphatic heterocycles. The quantitative estimate of drug-likeness (QED) is 0.805. The topological polar surface area (TPSA) is 63.6 Å². The van der Waals surface area contributed by atoms with E-state index < -0.39 is 10.0 Å². The number of aromatic nitrogens is 1. The van der Waals surface area contributed by atoms with Crippen molar-refractivity contribution in [3.63, 3.8) is 0 Å². The third-order valence-electron chi connectivity index (χ3n) is 4.98. The molecule has 0 aliphatic carbocycles. The van der Waals surface area contributed by atoms with E-state index in [1.54, 1.807) is 12.1 Å². The van der Waals surface area contributed by atoms with Crippen LogP contribution in [-0.2, 0) is 17.1 Å². The zero-order valence-corrected chi connectivity index (χ0v) is 16.4. The van der Waals surface area contributed by atoms with E-state index in [1.165, 1.54) is 7.11 Å². The van der Waals surface area contributed by atoms with Gasteiger partial charge in [0.2, 0.25) is 10.0 Å². The van der Waals surface area contributed by atoms with Crippen LogP contribution in [-0.4, -0.2) is 44.6 Å². The normalized spacial score (nSPS) is 16.7. The highest BCUT2D eigenvalue weighted by atomic mass is 32.2. The number of rotatable bonds is 7. The molecule has 0 amide bonds. The molecule has 1 N–H and O–H groups in total. The monoisotopic (exact) mass is 377 g/mol. The van der Waals surface area contributed by atoms with Crippen LogP contribution in [0.4, 0.5) is 0 Å². The maximum Gasteiger partial charge on any atom is 0.244 e. The van der Waals surface area contributed by atoms with Gasteiger partial charge in [-0.15, -0.1) is 0 Å². The lowest BCUT2D eigenvalue weighted by Gasteiger charge is -2.28. The Kier molecular flexibility index (Phi) is 5.70. The summed E-state index contributed by atoms with van der Waals surface area (Å²) in [5, 5.41) is 0. The van der Waals surface area contributed by atoms with Crippen molar-refractivity contribution in [1.29, 1.82) is 0 Å². The Bertz CT molecular complexity index is 855. The van der Waals surface area contributed by atoms with Gasteiger partial charge in [0.15, 0.2) is 0 Å². The van der Waals surface area contributed by atoms with Crippen LogP contribution in [0.1, 0.15) is 30.1 Å². The van der Waals surface area contributed by atoms with Crippen molar-refractivity contribution in [2.45, 2.75) is 30.7 Å². The molecule has 7 heteroatoms. The van der Waals surface area contributed by atoms with Gasteiger partial charge in [-0.25, -0.2) is 13.1 Å². The molecule has 26 heavy (non-hydrogen) atoms. The molecule has 1 atom stereocenters. The van der Waals surface area contributed by atoms with E-state index in [-0.39, 0.29) is 10.9 Å². The summed E-state index contributed by atoms with van der Waals surface area (Å²) < 4.78 is 36.0. The van der Waals surface area contributed by atoms with Gasteiger partial charge in [0.05, 0.1) is 13.2 Å². The van der Waals surface area contributed by atoms with Crippen LogP contribution in [0.5, 0.6) is 5.75 Å². The summed E-state index contributed by atoms with van der Waals surface area (Å²) in [7, 11) is -0.182. The third-order valence-corrected chi connectivity index (χ3v) is 6.43. The van der Waals surface area contributed by atoms with E-state index in [1.807, 2.05) is 32.3 Å². The Balaban J connectivity index is 1.84. The number of ether oxygens (including phenoxy) is 1. The first-order chi connectivity index (χ1) is 12.4. The molecular weight excluding hydrogens is 350 g/mol. The number of likely N-dealkylation sites (tertiary alicyclic amines) is 1. The Hall–Kier alpha value is -1.83. The Morgan fingerprint density at radius 1 is 1.23 bits per heavy atom. The summed E-state index contributed by atoms with van der Waals surface area (Å²) in [5.74, 6) is 0.361. The van der Waals surface area contributed by atoms with E-state index >= 15 is 0 Å². The summed E-state index contributed by atoms with van der Waals surface area (Å²) in [4.78, 5) is 2.54. The number of aryl methyl sites for hydroxylation is 2. The molecule has 1 unspecified atom stereocenters. The number of nitrogens with one attached hydrogen (secondary N) is 1. The first-order valence-corrected chi connectivity index (χ1v) is 10.4. The van der Waals surface area contributed by atoms with Crippen LogP contribution in [0.25, 0.3) is 0 Å². The van der Waals surface area contributed by atoms with Crippen LogP contribution in [0.2, 0.25) is 0 Å².